The van der Waals surface area contributed by atoms with E-state index in [-0.39, 0.29) is 18.5 Å². The Hall–Kier alpha value is -2.56. The van der Waals surface area contributed by atoms with Gasteiger partial charge in [0, 0.05) is 36.7 Å². The lowest BCUT2D eigenvalue weighted by Crippen LogP contribution is -2.57. The average molecular weight is 528 g/mol. The number of thiazole rings is 1. The molecule has 0 saturated carbocycles. The Morgan fingerprint density at radius 3 is 2.57 bits per heavy atom. The maximum atomic E-state index is 13.1. The first-order valence-electron chi connectivity index (χ1n) is 11.1. The van der Waals surface area contributed by atoms with Crippen molar-refractivity contribution < 1.29 is 27.8 Å². The number of rotatable bonds is 7. The van der Waals surface area contributed by atoms with E-state index >= 15 is 0 Å². The van der Waals surface area contributed by atoms with Crippen molar-refractivity contribution in [2.24, 2.45) is 0 Å². The van der Waals surface area contributed by atoms with Crippen LogP contribution in [0.4, 0.5) is 18.3 Å². The highest BCUT2D eigenvalue weighted by molar-refractivity contribution is 7.22. The van der Waals surface area contributed by atoms with E-state index in [2.05, 4.69) is 28.6 Å². The zero-order chi connectivity index (χ0) is 25.3. The summed E-state index contributed by atoms with van der Waals surface area (Å²) in [7, 11) is 0. The number of alkyl halides is 3. The monoisotopic (exact) mass is 527 g/mol. The first-order chi connectivity index (χ1) is 16.5. The minimum atomic E-state index is -4.38. The summed E-state index contributed by atoms with van der Waals surface area (Å²) in [4.78, 5) is 20.0. The number of carboxylic acids is 1. The number of hydrogen-bond donors (Lipinski definition) is 1. The zero-order valence-corrected chi connectivity index (χ0v) is 20.8. The van der Waals surface area contributed by atoms with Gasteiger partial charge in [-0.15, -0.1) is 0 Å². The number of anilines is 1. The molecule has 1 fully saturated rings. The van der Waals surface area contributed by atoms with Crippen LogP contribution in [-0.2, 0) is 17.4 Å². The van der Waals surface area contributed by atoms with Gasteiger partial charge in [0.1, 0.15) is 12.4 Å². The Bertz CT molecular complexity index is 1210. The second-order valence-electron chi connectivity index (χ2n) is 8.73. The van der Waals surface area contributed by atoms with Crippen molar-refractivity contribution in [2.75, 3.05) is 31.1 Å². The van der Waals surface area contributed by atoms with Gasteiger partial charge in [0.05, 0.1) is 22.2 Å². The fourth-order valence-electron chi connectivity index (χ4n) is 4.43. The second-order valence-corrected chi connectivity index (χ2v) is 10.2. The van der Waals surface area contributed by atoms with Crippen LogP contribution in [0.15, 0.2) is 36.4 Å². The number of piperazine rings is 1. The van der Waals surface area contributed by atoms with Gasteiger partial charge in [-0.25, -0.2) is 4.98 Å². The Labute approximate surface area is 209 Å². The largest absolute Gasteiger partial charge is 0.492 e. The van der Waals surface area contributed by atoms with E-state index in [0.29, 0.717) is 52.8 Å². The van der Waals surface area contributed by atoms with E-state index < -0.39 is 17.7 Å². The Balaban J connectivity index is 1.38. The number of halogens is 4. The highest BCUT2D eigenvalue weighted by atomic mass is 35.5. The van der Waals surface area contributed by atoms with E-state index in [9.17, 15) is 18.0 Å². The van der Waals surface area contributed by atoms with Crippen LogP contribution in [0, 0.1) is 0 Å². The van der Waals surface area contributed by atoms with Gasteiger partial charge >= 0.3 is 12.1 Å². The maximum Gasteiger partial charge on any atom is 0.416 e. The zero-order valence-electron chi connectivity index (χ0n) is 19.2. The number of nitrogens with zero attached hydrogens (tertiary/aromatic N) is 3. The molecular formula is C24H25ClF3N3O3S. The number of fused-ring (bicyclic) bond motifs is 1. The molecule has 35 heavy (non-hydrogen) atoms. The minimum Gasteiger partial charge on any atom is -0.492 e. The van der Waals surface area contributed by atoms with Gasteiger partial charge in [-0.3, -0.25) is 9.69 Å². The van der Waals surface area contributed by atoms with Crippen LogP contribution >= 0.6 is 22.9 Å². The molecule has 3 aromatic rings. The SMILES string of the molecule is C[C@@H]1CN(c2nc3ccc(C(F)(F)F)cc3s2)C[C@H](C)N1CCOc1cc(Cl)cc(CC(=O)O)c1. The van der Waals surface area contributed by atoms with Crippen molar-refractivity contribution in [3.8, 4) is 5.75 Å². The smallest absolute Gasteiger partial charge is 0.416 e. The molecule has 2 aromatic carbocycles. The lowest BCUT2D eigenvalue weighted by Gasteiger charge is -2.44. The number of hydrogen-bond acceptors (Lipinski definition) is 6. The van der Waals surface area contributed by atoms with Crippen molar-refractivity contribution in [1.29, 1.82) is 0 Å². The molecule has 0 unspecified atom stereocenters. The number of ether oxygens (including phenoxy) is 1. The van der Waals surface area contributed by atoms with Crippen molar-refractivity contribution in [2.45, 2.75) is 38.5 Å². The summed E-state index contributed by atoms with van der Waals surface area (Å²) in [6, 6.07) is 8.95. The van der Waals surface area contributed by atoms with Crippen LogP contribution in [0.3, 0.4) is 0 Å². The van der Waals surface area contributed by atoms with E-state index in [1.54, 1.807) is 18.2 Å². The van der Waals surface area contributed by atoms with Crippen molar-refractivity contribution in [3.05, 3.63) is 52.5 Å². The summed E-state index contributed by atoms with van der Waals surface area (Å²) in [6.45, 7) is 6.64. The molecule has 2 heterocycles. The summed E-state index contributed by atoms with van der Waals surface area (Å²) in [6.07, 6.45) is -4.51. The molecule has 11 heteroatoms. The molecule has 6 nitrogen and oxygen atoms in total. The third kappa shape index (κ3) is 6.17. The molecule has 0 amide bonds. The molecule has 0 bridgehead atoms. The van der Waals surface area contributed by atoms with E-state index in [0.717, 1.165) is 17.3 Å². The lowest BCUT2D eigenvalue weighted by molar-refractivity contribution is -0.138. The van der Waals surface area contributed by atoms with Crippen molar-refractivity contribution in [3.63, 3.8) is 0 Å². The topological polar surface area (TPSA) is 65.9 Å². The molecular weight excluding hydrogens is 503 g/mol. The summed E-state index contributed by atoms with van der Waals surface area (Å²) < 4.78 is 45.5. The summed E-state index contributed by atoms with van der Waals surface area (Å²) in [5.74, 6) is -0.409. The molecule has 0 spiro atoms. The number of carbonyl (C=O) groups is 1. The van der Waals surface area contributed by atoms with Gasteiger partial charge < -0.3 is 14.7 Å². The first kappa shape index (κ1) is 25.5. The van der Waals surface area contributed by atoms with Gasteiger partial charge in [-0.05, 0) is 55.8 Å². The number of aromatic nitrogens is 1. The predicted octanol–water partition coefficient (Wildman–Crippen LogP) is 5.57. The maximum absolute atomic E-state index is 13.1. The Kier molecular flexibility index (Phi) is 7.44. The number of benzene rings is 2. The standard InChI is InChI=1S/C24H25ClF3N3O3S/c1-14-12-30(23-29-20-4-3-17(24(26,27)28)10-21(20)35-23)13-15(2)31(14)5-6-34-19-8-16(9-22(32)33)7-18(25)11-19/h3-4,7-8,10-11,14-15H,5-6,9,12-13H2,1-2H3,(H,32,33)/t14-,15+. The second kappa shape index (κ2) is 10.2. The van der Waals surface area contributed by atoms with Gasteiger partial charge in [0.15, 0.2) is 5.13 Å². The van der Waals surface area contributed by atoms with Crippen LogP contribution in [0.5, 0.6) is 5.75 Å². The molecule has 1 saturated heterocycles. The molecule has 2 atom stereocenters. The summed E-state index contributed by atoms with van der Waals surface area (Å²) >= 11 is 7.37. The van der Waals surface area contributed by atoms with Crippen LogP contribution in [0.25, 0.3) is 10.2 Å². The fourth-order valence-corrected chi connectivity index (χ4v) is 5.70. The normalized spacial score (nSPS) is 19.3. The molecule has 0 aliphatic carbocycles. The van der Waals surface area contributed by atoms with Crippen LogP contribution in [0.2, 0.25) is 5.02 Å². The molecule has 0 radical (unpaired) electrons. The predicted molar refractivity (Wildman–Crippen MR) is 131 cm³/mol. The van der Waals surface area contributed by atoms with Gasteiger partial charge in [-0.1, -0.05) is 22.9 Å². The molecule has 1 aromatic heterocycles. The van der Waals surface area contributed by atoms with Crippen LogP contribution in [-0.4, -0.2) is 59.3 Å². The molecule has 1 aliphatic heterocycles. The third-order valence-electron chi connectivity index (χ3n) is 5.98. The highest BCUT2D eigenvalue weighted by Crippen LogP contribution is 2.36. The fraction of sp³-hybridized carbons (Fsp3) is 0.417. The van der Waals surface area contributed by atoms with Gasteiger partial charge in [0.2, 0.25) is 0 Å². The molecule has 4 rings (SSSR count). The third-order valence-corrected chi connectivity index (χ3v) is 7.28. The average Bonchev–Trinajstić information content (AvgIpc) is 3.17. The summed E-state index contributed by atoms with van der Waals surface area (Å²) in [5, 5.41) is 10.1. The van der Waals surface area contributed by atoms with Crippen LogP contribution < -0.4 is 9.64 Å². The minimum absolute atomic E-state index is 0.129. The Morgan fingerprint density at radius 1 is 1.20 bits per heavy atom. The highest BCUT2D eigenvalue weighted by Gasteiger charge is 2.32. The quantitative estimate of drug-likeness (QED) is 0.433. The number of aliphatic carboxylic acids is 1. The molecule has 188 valence electrons. The van der Waals surface area contributed by atoms with E-state index in [1.165, 1.54) is 17.4 Å². The number of carboxylic acid groups (broad SMARTS) is 1. The molecule has 1 N–H and O–H groups in total. The van der Waals surface area contributed by atoms with Crippen molar-refractivity contribution >= 4 is 44.3 Å². The Morgan fingerprint density at radius 2 is 1.91 bits per heavy atom. The van der Waals surface area contributed by atoms with Gasteiger partial charge in [0.25, 0.3) is 0 Å². The van der Waals surface area contributed by atoms with Crippen LogP contribution in [0.1, 0.15) is 25.0 Å². The van der Waals surface area contributed by atoms with E-state index in [1.807, 2.05) is 0 Å². The lowest BCUT2D eigenvalue weighted by atomic mass is 10.1. The van der Waals surface area contributed by atoms with Crippen molar-refractivity contribution in [1.82, 2.24) is 9.88 Å². The van der Waals surface area contributed by atoms with Gasteiger partial charge in [-0.2, -0.15) is 13.2 Å². The molecule has 1 aliphatic rings. The summed E-state index contributed by atoms with van der Waals surface area (Å²) in [5.41, 5.74) is 0.480. The van der Waals surface area contributed by atoms with E-state index in [4.69, 9.17) is 21.4 Å². The first-order valence-corrected chi connectivity index (χ1v) is 12.3.